The third-order valence-corrected chi connectivity index (χ3v) is 3.06. The summed E-state index contributed by atoms with van der Waals surface area (Å²) in [6.45, 7) is 1.81. The summed E-state index contributed by atoms with van der Waals surface area (Å²) in [4.78, 5) is 0. The van der Waals surface area contributed by atoms with Gasteiger partial charge in [-0.1, -0.05) is 18.2 Å². The molecule has 1 aromatic heterocycles. The van der Waals surface area contributed by atoms with Gasteiger partial charge in [-0.15, -0.1) is 0 Å². The summed E-state index contributed by atoms with van der Waals surface area (Å²) in [7, 11) is 3.90. The van der Waals surface area contributed by atoms with E-state index >= 15 is 0 Å². The van der Waals surface area contributed by atoms with Crippen molar-refractivity contribution in [3.8, 4) is 0 Å². The summed E-state index contributed by atoms with van der Waals surface area (Å²) in [5.41, 5.74) is 2.34. The smallest absolute Gasteiger partial charge is 0.0707 e. The molecule has 0 aliphatic heterocycles. The molecule has 0 bridgehead atoms. The topological polar surface area (TPSA) is 37.2 Å². The van der Waals surface area contributed by atoms with Crippen LogP contribution in [0, 0.1) is 0 Å². The van der Waals surface area contributed by atoms with Gasteiger partial charge in [0.2, 0.25) is 0 Å². The number of aliphatic hydroxyl groups excluding tert-OH is 1. The number of aryl methyl sites for hydroxylation is 1. The minimum atomic E-state index is -0.407. The van der Waals surface area contributed by atoms with E-state index in [1.807, 2.05) is 33.2 Å². The van der Waals surface area contributed by atoms with E-state index in [-0.39, 0.29) is 6.04 Å². The molecule has 0 aliphatic rings. The lowest BCUT2D eigenvalue weighted by Gasteiger charge is -2.18. The first-order chi connectivity index (χ1) is 7.65. The highest BCUT2D eigenvalue weighted by Crippen LogP contribution is 2.27. The van der Waals surface area contributed by atoms with Crippen molar-refractivity contribution >= 4 is 10.9 Å². The van der Waals surface area contributed by atoms with Crippen LogP contribution in [-0.4, -0.2) is 22.8 Å². The summed E-state index contributed by atoms with van der Waals surface area (Å²) < 4.78 is 2.09. The molecule has 1 aromatic carbocycles. The van der Waals surface area contributed by atoms with Crippen molar-refractivity contribution in [1.29, 1.82) is 0 Å². The number of likely N-dealkylation sites (N-methyl/N-ethyl adjacent to an activating group) is 1. The van der Waals surface area contributed by atoms with Crippen LogP contribution in [0.25, 0.3) is 10.9 Å². The Morgan fingerprint density at radius 2 is 2.00 bits per heavy atom. The van der Waals surface area contributed by atoms with Gasteiger partial charge < -0.3 is 15.0 Å². The molecule has 3 heteroatoms. The Labute approximate surface area is 95.7 Å². The molecule has 2 aromatic rings. The lowest BCUT2D eigenvalue weighted by atomic mass is 10.0. The summed E-state index contributed by atoms with van der Waals surface area (Å²) in [5, 5.41) is 14.1. The molecule has 2 unspecified atom stereocenters. The molecule has 0 aliphatic carbocycles. The molecule has 2 atom stereocenters. The van der Waals surface area contributed by atoms with Gasteiger partial charge in [0.05, 0.1) is 12.1 Å². The highest BCUT2D eigenvalue weighted by Gasteiger charge is 2.19. The monoisotopic (exact) mass is 218 g/mol. The Kier molecular flexibility index (Phi) is 2.99. The molecule has 0 saturated carbocycles. The predicted molar refractivity (Wildman–Crippen MR) is 66.4 cm³/mol. The number of benzene rings is 1. The zero-order valence-electron chi connectivity index (χ0n) is 9.94. The van der Waals surface area contributed by atoms with E-state index in [0.717, 1.165) is 5.56 Å². The van der Waals surface area contributed by atoms with Crippen LogP contribution in [0.1, 0.15) is 18.5 Å². The minimum Gasteiger partial charge on any atom is -0.391 e. The van der Waals surface area contributed by atoms with E-state index in [0.29, 0.717) is 0 Å². The minimum absolute atomic E-state index is 0.0221. The van der Waals surface area contributed by atoms with Crippen LogP contribution in [0.4, 0.5) is 0 Å². The third-order valence-electron chi connectivity index (χ3n) is 3.06. The number of aromatic nitrogens is 1. The van der Waals surface area contributed by atoms with Crippen molar-refractivity contribution in [1.82, 2.24) is 9.88 Å². The predicted octanol–water partition coefficient (Wildman–Crippen LogP) is 1.82. The van der Waals surface area contributed by atoms with Gasteiger partial charge in [-0.2, -0.15) is 0 Å². The summed E-state index contributed by atoms with van der Waals surface area (Å²) in [6.07, 6.45) is 1.68. The molecule has 0 saturated heterocycles. The van der Waals surface area contributed by atoms with Gasteiger partial charge >= 0.3 is 0 Å². The summed E-state index contributed by atoms with van der Waals surface area (Å²) in [6, 6.07) is 8.22. The molecule has 0 radical (unpaired) electrons. The van der Waals surface area contributed by atoms with E-state index in [9.17, 15) is 5.11 Å². The van der Waals surface area contributed by atoms with Crippen LogP contribution in [0.3, 0.4) is 0 Å². The molecular formula is C13H18N2O. The van der Waals surface area contributed by atoms with E-state index < -0.39 is 6.10 Å². The molecule has 2 N–H and O–H groups in total. The van der Waals surface area contributed by atoms with Gasteiger partial charge in [-0.3, -0.25) is 0 Å². The van der Waals surface area contributed by atoms with Crippen molar-refractivity contribution < 1.29 is 5.11 Å². The number of fused-ring (bicyclic) bond motifs is 1. The van der Waals surface area contributed by atoms with Crippen molar-refractivity contribution in [3.05, 3.63) is 36.0 Å². The van der Waals surface area contributed by atoms with Crippen LogP contribution in [0.15, 0.2) is 30.5 Å². The Balaban J connectivity index is 2.60. The molecular weight excluding hydrogens is 200 g/mol. The van der Waals surface area contributed by atoms with Crippen molar-refractivity contribution in [2.75, 3.05) is 7.05 Å². The zero-order chi connectivity index (χ0) is 11.7. The van der Waals surface area contributed by atoms with Crippen LogP contribution < -0.4 is 5.32 Å². The SMILES string of the molecule is CNC(c1cn(C)c2ccccc12)C(C)O. The molecule has 2 rings (SSSR count). The first-order valence-corrected chi connectivity index (χ1v) is 5.54. The average molecular weight is 218 g/mol. The van der Waals surface area contributed by atoms with E-state index in [1.54, 1.807) is 0 Å². The van der Waals surface area contributed by atoms with Crippen LogP contribution in [0.5, 0.6) is 0 Å². The molecule has 0 amide bonds. The number of aliphatic hydroxyl groups is 1. The fraction of sp³-hybridized carbons (Fsp3) is 0.385. The van der Waals surface area contributed by atoms with Crippen molar-refractivity contribution in [2.24, 2.45) is 7.05 Å². The number of nitrogens with one attached hydrogen (secondary N) is 1. The Morgan fingerprint density at radius 1 is 1.31 bits per heavy atom. The van der Waals surface area contributed by atoms with Gasteiger partial charge in [-0.25, -0.2) is 0 Å². The zero-order valence-corrected chi connectivity index (χ0v) is 9.94. The second kappa shape index (κ2) is 4.28. The maximum Gasteiger partial charge on any atom is 0.0707 e. The average Bonchev–Trinajstić information content (AvgIpc) is 2.58. The lowest BCUT2D eigenvalue weighted by molar-refractivity contribution is 0.150. The summed E-state index contributed by atoms with van der Waals surface area (Å²) >= 11 is 0. The first-order valence-electron chi connectivity index (χ1n) is 5.54. The molecule has 1 heterocycles. The second-order valence-corrected chi connectivity index (χ2v) is 4.22. The quantitative estimate of drug-likeness (QED) is 0.824. The molecule has 3 nitrogen and oxygen atoms in total. The first kappa shape index (κ1) is 11.2. The van der Waals surface area contributed by atoms with E-state index in [2.05, 4.69) is 28.2 Å². The van der Waals surface area contributed by atoms with E-state index in [1.165, 1.54) is 10.9 Å². The van der Waals surface area contributed by atoms with Gasteiger partial charge in [-0.05, 0) is 25.6 Å². The van der Waals surface area contributed by atoms with Crippen LogP contribution in [0.2, 0.25) is 0 Å². The third kappa shape index (κ3) is 1.72. The van der Waals surface area contributed by atoms with Gasteiger partial charge in [0.25, 0.3) is 0 Å². The molecule has 16 heavy (non-hydrogen) atoms. The fourth-order valence-corrected chi connectivity index (χ4v) is 2.28. The van der Waals surface area contributed by atoms with Gasteiger partial charge in [0, 0.05) is 24.1 Å². The molecule has 86 valence electrons. The van der Waals surface area contributed by atoms with Crippen LogP contribution in [-0.2, 0) is 7.05 Å². The fourth-order valence-electron chi connectivity index (χ4n) is 2.28. The maximum atomic E-state index is 9.76. The van der Waals surface area contributed by atoms with Gasteiger partial charge in [0.1, 0.15) is 0 Å². The Morgan fingerprint density at radius 3 is 2.62 bits per heavy atom. The standard InChI is InChI=1S/C13H18N2O/c1-9(16)13(14-2)11-8-15(3)12-7-5-4-6-10(11)12/h4-9,13-14,16H,1-3H3. The second-order valence-electron chi connectivity index (χ2n) is 4.22. The van der Waals surface area contributed by atoms with Gasteiger partial charge in [0.15, 0.2) is 0 Å². The number of nitrogens with zero attached hydrogens (tertiary/aromatic N) is 1. The van der Waals surface area contributed by atoms with E-state index in [4.69, 9.17) is 0 Å². The Bertz CT molecular complexity index is 488. The largest absolute Gasteiger partial charge is 0.391 e. The molecule has 0 spiro atoms. The Hall–Kier alpha value is -1.32. The normalized spacial score (nSPS) is 15.2. The lowest BCUT2D eigenvalue weighted by Crippen LogP contribution is -2.26. The van der Waals surface area contributed by atoms with Crippen molar-refractivity contribution in [3.63, 3.8) is 0 Å². The highest BCUT2D eigenvalue weighted by atomic mass is 16.3. The van der Waals surface area contributed by atoms with Crippen LogP contribution >= 0.6 is 0 Å². The number of hydrogen-bond donors (Lipinski definition) is 2. The summed E-state index contributed by atoms with van der Waals surface area (Å²) in [5.74, 6) is 0. The number of para-hydroxylation sites is 1. The maximum absolute atomic E-state index is 9.76. The van der Waals surface area contributed by atoms with Crippen molar-refractivity contribution in [2.45, 2.75) is 19.1 Å². The highest BCUT2D eigenvalue weighted by molar-refractivity contribution is 5.84. The number of rotatable bonds is 3. The molecule has 0 fully saturated rings. The number of hydrogen-bond acceptors (Lipinski definition) is 2.